The van der Waals surface area contributed by atoms with Crippen molar-refractivity contribution in [2.45, 2.75) is 0 Å². The lowest BCUT2D eigenvalue weighted by atomic mass is 10.3. The molecule has 0 bridgehead atoms. The zero-order valence-electron chi connectivity index (χ0n) is 15.5. The molecule has 3 heterocycles. The van der Waals surface area contributed by atoms with Gasteiger partial charge in [0, 0.05) is 32.4 Å². The monoisotopic (exact) mass is 379 g/mol. The number of nitrogens with one attached hydrogen (secondary N) is 1. The van der Waals surface area contributed by atoms with Gasteiger partial charge in [0.15, 0.2) is 5.76 Å². The molecule has 0 radical (unpaired) electrons. The Labute approximate surface area is 162 Å². The minimum absolute atomic E-state index is 0.0860. The number of hydrogen-bond acceptors (Lipinski definition) is 7. The van der Waals surface area contributed by atoms with E-state index in [1.165, 1.54) is 6.26 Å². The minimum Gasteiger partial charge on any atom is -0.495 e. The summed E-state index contributed by atoms with van der Waals surface area (Å²) in [6, 6.07) is 12.9. The highest BCUT2D eigenvalue weighted by Crippen LogP contribution is 2.26. The van der Waals surface area contributed by atoms with Gasteiger partial charge in [-0.1, -0.05) is 12.1 Å². The van der Waals surface area contributed by atoms with Crippen LogP contribution in [-0.4, -0.2) is 54.1 Å². The second-order valence-corrected chi connectivity index (χ2v) is 6.32. The highest BCUT2D eigenvalue weighted by Gasteiger charge is 2.25. The Morgan fingerprint density at radius 3 is 2.68 bits per heavy atom. The van der Waals surface area contributed by atoms with E-state index in [0.717, 1.165) is 11.4 Å². The third-order valence-corrected chi connectivity index (χ3v) is 4.59. The zero-order chi connectivity index (χ0) is 19.3. The van der Waals surface area contributed by atoms with E-state index in [-0.39, 0.29) is 5.91 Å². The van der Waals surface area contributed by atoms with Crippen molar-refractivity contribution < 1.29 is 13.9 Å². The topological polar surface area (TPSA) is 83.7 Å². The Kier molecular flexibility index (Phi) is 5.09. The Morgan fingerprint density at radius 2 is 1.93 bits per heavy atom. The highest BCUT2D eigenvalue weighted by atomic mass is 16.5. The van der Waals surface area contributed by atoms with Gasteiger partial charge in [-0.15, -0.1) is 0 Å². The number of aromatic nitrogens is 2. The largest absolute Gasteiger partial charge is 0.495 e. The van der Waals surface area contributed by atoms with E-state index in [1.807, 2.05) is 30.3 Å². The Balaban J connectivity index is 1.42. The van der Waals surface area contributed by atoms with Crippen LogP contribution in [0.1, 0.15) is 10.6 Å². The van der Waals surface area contributed by atoms with Crippen molar-refractivity contribution in [2.75, 3.05) is 43.5 Å². The van der Waals surface area contributed by atoms with E-state index in [4.69, 9.17) is 9.15 Å². The molecular formula is C20H21N5O3. The summed E-state index contributed by atoms with van der Waals surface area (Å²) >= 11 is 0. The molecule has 1 aliphatic heterocycles. The van der Waals surface area contributed by atoms with Gasteiger partial charge in [0.1, 0.15) is 11.6 Å². The van der Waals surface area contributed by atoms with E-state index < -0.39 is 0 Å². The summed E-state index contributed by atoms with van der Waals surface area (Å²) in [5.41, 5.74) is 0.837. The van der Waals surface area contributed by atoms with E-state index in [0.29, 0.717) is 43.7 Å². The van der Waals surface area contributed by atoms with Crippen LogP contribution in [-0.2, 0) is 0 Å². The number of rotatable bonds is 5. The molecule has 8 nitrogen and oxygen atoms in total. The smallest absolute Gasteiger partial charge is 0.289 e. The molecule has 1 fully saturated rings. The number of hydrogen-bond donors (Lipinski definition) is 1. The molecule has 2 aromatic heterocycles. The number of amides is 1. The summed E-state index contributed by atoms with van der Waals surface area (Å²) in [5, 5.41) is 3.27. The van der Waals surface area contributed by atoms with Gasteiger partial charge < -0.3 is 24.3 Å². The van der Waals surface area contributed by atoms with Crippen molar-refractivity contribution in [1.82, 2.24) is 14.9 Å². The second-order valence-electron chi connectivity index (χ2n) is 6.32. The zero-order valence-corrected chi connectivity index (χ0v) is 15.5. The van der Waals surface area contributed by atoms with Crippen LogP contribution in [0.5, 0.6) is 5.75 Å². The molecule has 1 aromatic carbocycles. The van der Waals surface area contributed by atoms with Crippen LogP contribution in [0.3, 0.4) is 0 Å². The summed E-state index contributed by atoms with van der Waals surface area (Å²) in [7, 11) is 1.63. The molecule has 0 aliphatic carbocycles. The lowest BCUT2D eigenvalue weighted by molar-refractivity contribution is 0.0714. The van der Waals surface area contributed by atoms with Gasteiger partial charge in [-0.2, -0.15) is 4.98 Å². The molecule has 144 valence electrons. The molecule has 1 aliphatic rings. The molecule has 0 spiro atoms. The number of anilines is 3. The summed E-state index contributed by atoms with van der Waals surface area (Å²) in [6.45, 7) is 2.50. The molecule has 1 amide bonds. The summed E-state index contributed by atoms with van der Waals surface area (Å²) in [5.74, 6) is 2.34. The Morgan fingerprint density at radius 1 is 1.11 bits per heavy atom. The summed E-state index contributed by atoms with van der Waals surface area (Å²) in [4.78, 5) is 25.2. The first-order valence-corrected chi connectivity index (χ1v) is 9.05. The number of furan rings is 1. The average Bonchev–Trinajstić information content (AvgIpc) is 3.29. The number of nitrogens with zero attached hydrogens (tertiary/aromatic N) is 4. The van der Waals surface area contributed by atoms with Crippen LogP contribution in [0.4, 0.5) is 17.5 Å². The number of piperazine rings is 1. The quantitative estimate of drug-likeness (QED) is 0.730. The number of para-hydroxylation sites is 2. The molecule has 0 atom stereocenters. The first-order valence-electron chi connectivity index (χ1n) is 9.05. The lowest BCUT2D eigenvalue weighted by Gasteiger charge is -2.34. The fourth-order valence-electron chi connectivity index (χ4n) is 3.12. The second kappa shape index (κ2) is 7.99. The summed E-state index contributed by atoms with van der Waals surface area (Å²) < 4.78 is 10.6. The van der Waals surface area contributed by atoms with Gasteiger partial charge in [-0.3, -0.25) is 4.79 Å². The normalized spacial score (nSPS) is 14.0. The van der Waals surface area contributed by atoms with E-state index in [9.17, 15) is 4.79 Å². The predicted octanol–water partition coefficient (Wildman–Crippen LogP) is 2.78. The van der Waals surface area contributed by atoms with Crippen molar-refractivity contribution in [2.24, 2.45) is 0 Å². The van der Waals surface area contributed by atoms with Gasteiger partial charge in [-0.25, -0.2) is 4.98 Å². The van der Waals surface area contributed by atoms with E-state index >= 15 is 0 Å². The van der Waals surface area contributed by atoms with Gasteiger partial charge in [0.25, 0.3) is 5.91 Å². The molecule has 28 heavy (non-hydrogen) atoms. The number of carbonyl (C=O) groups excluding carboxylic acids is 1. The molecule has 8 heteroatoms. The van der Waals surface area contributed by atoms with Gasteiger partial charge in [-0.05, 0) is 30.3 Å². The first-order chi connectivity index (χ1) is 13.7. The standard InChI is InChI=1S/C20H21N5O3/c1-27-16-6-3-2-5-15(16)22-18-8-9-21-20(23-18)25-12-10-24(11-13-25)19(26)17-7-4-14-28-17/h2-9,14H,10-13H2,1H3,(H,21,22,23). The molecule has 0 unspecified atom stereocenters. The maximum Gasteiger partial charge on any atom is 0.289 e. The molecule has 1 saturated heterocycles. The number of carbonyl (C=O) groups is 1. The van der Waals surface area contributed by atoms with Crippen LogP contribution in [0.15, 0.2) is 59.3 Å². The summed E-state index contributed by atoms with van der Waals surface area (Å²) in [6.07, 6.45) is 3.23. The predicted molar refractivity (Wildman–Crippen MR) is 105 cm³/mol. The molecule has 0 saturated carbocycles. The van der Waals surface area contributed by atoms with Crippen molar-refractivity contribution in [3.8, 4) is 5.75 Å². The van der Waals surface area contributed by atoms with Crippen LogP contribution in [0, 0.1) is 0 Å². The molecule has 1 N–H and O–H groups in total. The van der Waals surface area contributed by atoms with E-state index in [1.54, 1.807) is 30.3 Å². The minimum atomic E-state index is -0.0860. The van der Waals surface area contributed by atoms with Crippen molar-refractivity contribution in [1.29, 1.82) is 0 Å². The number of benzene rings is 1. The van der Waals surface area contributed by atoms with Crippen LogP contribution in [0.25, 0.3) is 0 Å². The molecule has 4 rings (SSSR count). The Bertz CT molecular complexity index is 937. The van der Waals surface area contributed by atoms with Crippen molar-refractivity contribution in [3.63, 3.8) is 0 Å². The van der Waals surface area contributed by atoms with Crippen molar-refractivity contribution >= 4 is 23.4 Å². The third kappa shape index (κ3) is 3.75. The van der Waals surface area contributed by atoms with Crippen LogP contribution < -0.4 is 15.0 Å². The number of methoxy groups -OCH3 is 1. The molecule has 3 aromatic rings. The van der Waals surface area contributed by atoms with Crippen LogP contribution in [0.2, 0.25) is 0 Å². The number of ether oxygens (including phenoxy) is 1. The third-order valence-electron chi connectivity index (χ3n) is 4.59. The van der Waals surface area contributed by atoms with Crippen molar-refractivity contribution in [3.05, 3.63) is 60.7 Å². The van der Waals surface area contributed by atoms with Gasteiger partial charge in [0.05, 0.1) is 19.1 Å². The van der Waals surface area contributed by atoms with Gasteiger partial charge >= 0.3 is 0 Å². The SMILES string of the molecule is COc1ccccc1Nc1ccnc(N2CCN(C(=O)c3ccco3)CC2)n1. The fraction of sp³-hybridized carbons (Fsp3) is 0.250. The maximum atomic E-state index is 12.4. The highest BCUT2D eigenvalue weighted by molar-refractivity contribution is 5.91. The maximum absolute atomic E-state index is 12.4. The van der Waals surface area contributed by atoms with Gasteiger partial charge in [0.2, 0.25) is 5.95 Å². The Hall–Kier alpha value is -3.55. The molecular weight excluding hydrogens is 358 g/mol. The first kappa shape index (κ1) is 17.8. The van der Waals surface area contributed by atoms with E-state index in [2.05, 4.69) is 20.2 Å². The average molecular weight is 379 g/mol. The fourth-order valence-corrected chi connectivity index (χ4v) is 3.12. The van der Waals surface area contributed by atoms with Crippen LogP contribution >= 0.6 is 0 Å². The lowest BCUT2D eigenvalue weighted by Crippen LogP contribution is -2.49.